The van der Waals surface area contributed by atoms with Crippen LogP contribution in [0.5, 0.6) is 0 Å². The van der Waals surface area contributed by atoms with Gasteiger partial charge in [0, 0.05) is 12.8 Å². The fourth-order valence-corrected chi connectivity index (χ4v) is 6.32. The number of carbonyl (C=O) groups is 2. The molecule has 0 rings (SSSR count). The Morgan fingerprint density at radius 2 is 0.672 bits per heavy atom. The number of rotatable bonds is 44. The average molecular weight is 881 g/mol. The number of ether oxygens (including phenoxy) is 2. The molecule has 0 spiro atoms. The van der Waals surface area contributed by atoms with E-state index in [0.29, 0.717) is 12.8 Å². The lowest BCUT2D eigenvalue weighted by molar-refractivity contribution is -0.161. The maximum Gasteiger partial charge on any atom is 0.306 e. The number of hydrogen-bond acceptors (Lipinski definition) is 5. The number of esters is 2. The number of aliphatic hydroxyl groups excluding tert-OH is 1. The summed E-state index contributed by atoms with van der Waals surface area (Å²) in [5.41, 5.74) is 0. The quantitative estimate of drug-likeness (QED) is 0.0375. The van der Waals surface area contributed by atoms with E-state index in [9.17, 15) is 14.7 Å². The summed E-state index contributed by atoms with van der Waals surface area (Å²) in [5, 5.41) is 9.60. The SMILES string of the molecule is CC/C=C\C/C=C\C/C=C\C/C=C\C/C=C\C/C=C\C/C=C\C/C=C\C/C=C\C/C=C\CCCCCCCCC(=O)OC(CO)COC(=O)CCCCCCC/C=C\C/C=C\CCC. The average Bonchev–Trinajstić information content (AvgIpc) is 3.30. The Labute approximate surface area is 393 Å². The topological polar surface area (TPSA) is 72.8 Å². The summed E-state index contributed by atoms with van der Waals surface area (Å²) in [5.74, 6) is -0.637. The highest BCUT2D eigenvalue weighted by Crippen LogP contribution is 2.12. The van der Waals surface area contributed by atoms with Crippen LogP contribution in [0.25, 0.3) is 0 Å². The lowest BCUT2D eigenvalue weighted by atomic mass is 10.1. The van der Waals surface area contributed by atoms with Crippen molar-refractivity contribution in [1.82, 2.24) is 0 Å². The zero-order valence-corrected chi connectivity index (χ0v) is 40.7. The molecule has 1 unspecified atom stereocenters. The number of aliphatic hydroxyl groups is 1. The molecule has 0 saturated heterocycles. The Balaban J connectivity index is 3.66. The number of allylic oxidation sites excluding steroid dienone is 24. The standard InChI is InChI=1S/C59H92O5/c1-3-5-7-9-11-13-15-17-18-19-20-21-22-23-24-25-26-27-28-29-30-31-32-33-34-35-36-37-38-39-40-42-44-46-48-50-52-54-59(62)64-57(55-60)56-63-58(61)53-51-49-47-45-43-41-16-14-12-10-8-6-4-2/h5,7-8,10-11,13-14,16-18,20-21,23-24,26-27,29-30,32-33,35-36,38-39,57,60H,3-4,6,9,12,15,19,22,25,28,31,34,37,40-56H2,1-2H3/b7-5-,10-8-,13-11-,16-14-,18-17-,21-20-,24-23-,27-26-,30-29-,33-32-,36-35-,39-38-. The fourth-order valence-electron chi connectivity index (χ4n) is 6.32. The molecule has 1 atom stereocenters. The highest BCUT2D eigenvalue weighted by atomic mass is 16.6. The molecular weight excluding hydrogens is 789 g/mol. The van der Waals surface area contributed by atoms with E-state index in [1.807, 2.05) is 0 Å². The van der Waals surface area contributed by atoms with Crippen molar-refractivity contribution in [3.63, 3.8) is 0 Å². The Kier molecular flexibility index (Phi) is 49.6. The van der Waals surface area contributed by atoms with E-state index in [2.05, 4.69) is 160 Å². The molecule has 0 bridgehead atoms. The fraction of sp³-hybridized carbons (Fsp3) is 0.559. The molecule has 0 radical (unpaired) electrons. The number of hydrogen-bond donors (Lipinski definition) is 1. The summed E-state index contributed by atoms with van der Waals surface area (Å²) in [6.07, 6.45) is 80.8. The van der Waals surface area contributed by atoms with Crippen molar-refractivity contribution in [1.29, 1.82) is 0 Å². The van der Waals surface area contributed by atoms with E-state index in [1.165, 1.54) is 25.7 Å². The van der Waals surface area contributed by atoms with Crippen molar-refractivity contribution in [3.05, 3.63) is 146 Å². The monoisotopic (exact) mass is 881 g/mol. The van der Waals surface area contributed by atoms with Gasteiger partial charge in [-0.15, -0.1) is 0 Å². The van der Waals surface area contributed by atoms with E-state index in [0.717, 1.165) is 141 Å². The summed E-state index contributed by atoms with van der Waals surface area (Å²) < 4.78 is 10.6. The van der Waals surface area contributed by atoms with Crippen molar-refractivity contribution in [2.24, 2.45) is 0 Å². The third kappa shape index (κ3) is 50.4. The number of carbonyl (C=O) groups excluding carboxylic acids is 2. The number of unbranched alkanes of at least 4 members (excludes halogenated alkanes) is 12. The zero-order valence-electron chi connectivity index (χ0n) is 40.7. The molecule has 0 aliphatic carbocycles. The normalized spacial score (nSPS) is 13.5. The van der Waals surface area contributed by atoms with Crippen LogP contribution < -0.4 is 0 Å². The van der Waals surface area contributed by atoms with Crippen molar-refractivity contribution in [3.8, 4) is 0 Å². The Hall–Kier alpha value is -4.22. The van der Waals surface area contributed by atoms with Gasteiger partial charge in [-0.3, -0.25) is 9.59 Å². The summed E-state index contributed by atoms with van der Waals surface area (Å²) in [6.45, 7) is 3.91. The van der Waals surface area contributed by atoms with Crippen molar-refractivity contribution < 1.29 is 24.2 Å². The van der Waals surface area contributed by atoms with Crippen LogP contribution in [0.15, 0.2) is 146 Å². The summed E-state index contributed by atoms with van der Waals surface area (Å²) in [4.78, 5) is 24.4. The molecule has 0 aromatic carbocycles. The van der Waals surface area contributed by atoms with Gasteiger partial charge in [-0.2, -0.15) is 0 Å². The molecule has 5 nitrogen and oxygen atoms in total. The van der Waals surface area contributed by atoms with Crippen LogP contribution in [0.3, 0.4) is 0 Å². The molecule has 0 aliphatic rings. The Morgan fingerprint density at radius 3 is 1.02 bits per heavy atom. The van der Waals surface area contributed by atoms with Gasteiger partial charge in [-0.05, 0) is 116 Å². The van der Waals surface area contributed by atoms with Gasteiger partial charge in [-0.1, -0.05) is 211 Å². The van der Waals surface area contributed by atoms with Gasteiger partial charge in [-0.25, -0.2) is 0 Å². The van der Waals surface area contributed by atoms with Gasteiger partial charge in [0.05, 0.1) is 6.61 Å². The van der Waals surface area contributed by atoms with Gasteiger partial charge >= 0.3 is 11.9 Å². The Bertz CT molecular complexity index is 1410. The minimum absolute atomic E-state index is 0.0884. The second kappa shape index (κ2) is 53.1. The molecule has 0 heterocycles. The highest BCUT2D eigenvalue weighted by Gasteiger charge is 2.16. The van der Waals surface area contributed by atoms with Crippen LogP contribution in [0.4, 0.5) is 0 Å². The van der Waals surface area contributed by atoms with Crippen LogP contribution in [0, 0.1) is 0 Å². The minimum atomic E-state index is -0.796. The van der Waals surface area contributed by atoms with Gasteiger partial charge in [0.1, 0.15) is 6.61 Å². The maximum absolute atomic E-state index is 12.2. The van der Waals surface area contributed by atoms with Crippen LogP contribution in [-0.2, 0) is 19.1 Å². The summed E-state index contributed by atoms with van der Waals surface area (Å²) in [6, 6.07) is 0. The van der Waals surface area contributed by atoms with E-state index in [-0.39, 0.29) is 25.2 Å². The van der Waals surface area contributed by atoms with E-state index in [4.69, 9.17) is 9.47 Å². The maximum atomic E-state index is 12.2. The largest absolute Gasteiger partial charge is 0.462 e. The predicted octanol–water partition coefficient (Wildman–Crippen LogP) is 17.1. The first-order valence-electron chi connectivity index (χ1n) is 25.4. The molecule has 358 valence electrons. The van der Waals surface area contributed by atoms with Crippen molar-refractivity contribution in [2.45, 2.75) is 200 Å². The lowest BCUT2D eigenvalue weighted by Gasteiger charge is -2.15. The molecule has 0 aromatic rings. The lowest BCUT2D eigenvalue weighted by Crippen LogP contribution is -2.28. The smallest absolute Gasteiger partial charge is 0.306 e. The third-order valence-electron chi connectivity index (χ3n) is 10.1. The predicted molar refractivity (Wildman–Crippen MR) is 278 cm³/mol. The molecule has 0 aliphatic heterocycles. The molecular formula is C59H92O5. The molecule has 0 fully saturated rings. The third-order valence-corrected chi connectivity index (χ3v) is 10.1. The van der Waals surface area contributed by atoms with Crippen molar-refractivity contribution in [2.75, 3.05) is 13.2 Å². The highest BCUT2D eigenvalue weighted by molar-refractivity contribution is 5.70. The molecule has 0 saturated carbocycles. The summed E-state index contributed by atoms with van der Waals surface area (Å²) >= 11 is 0. The first kappa shape index (κ1) is 59.8. The van der Waals surface area contributed by atoms with Crippen LogP contribution >= 0.6 is 0 Å². The van der Waals surface area contributed by atoms with Gasteiger partial charge in [0.15, 0.2) is 6.10 Å². The van der Waals surface area contributed by atoms with Gasteiger partial charge in [0.25, 0.3) is 0 Å². The van der Waals surface area contributed by atoms with Crippen LogP contribution in [0.1, 0.15) is 194 Å². The molecule has 0 amide bonds. The molecule has 0 aromatic heterocycles. The van der Waals surface area contributed by atoms with Crippen LogP contribution in [-0.4, -0.2) is 36.4 Å². The second-order valence-corrected chi connectivity index (χ2v) is 16.2. The summed E-state index contributed by atoms with van der Waals surface area (Å²) in [7, 11) is 0. The molecule has 1 N–H and O–H groups in total. The van der Waals surface area contributed by atoms with Crippen LogP contribution in [0.2, 0.25) is 0 Å². The minimum Gasteiger partial charge on any atom is -0.462 e. The molecule has 5 heteroatoms. The van der Waals surface area contributed by atoms with E-state index < -0.39 is 6.10 Å². The molecule has 64 heavy (non-hydrogen) atoms. The van der Waals surface area contributed by atoms with Gasteiger partial charge < -0.3 is 14.6 Å². The first-order chi connectivity index (χ1) is 31.6. The van der Waals surface area contributed by atoms with E-state index in [1.54, 1.807) is 0 Å². The van der Waals surface area contributed by atoms with Gasteiger partial charge in [0.2, 0.25) is 0 Å². The zero-order chi connectivity index (χ0) is 46.3. The van der Waals surface area contributed by atoms with Crippen molar-refractivity contribution >= 4 is 11.9 Å². The Morgan fingerprint density at radius 1 is 0.375 bits per heavy atom. The van der Waals surface area contributed by atoms with E-state index >= 15 is 0 Å². The second-order valence-electron chi connectivity index (χ2n) is 16.2. The first-order valence-corrected chi connectivity index (χ1v) is 25.4.